The van der Waals surface area contributed by atoms with Gasteiger partial charge in [-0.25, -0.2) is 13.7 Å². The van der Waals surface area contributed by atoms with E-state index in [1.54, 1.807) is 0 Å². The van der Waals surface area contributed by atoms with Crippen LogP contribution in [-0.4, -0.2) is 119 Å². The lowest BCUT2D eigenvalue weighted by molar-refractivity contribution is -0.213. The summed E-state index contributed by atoms with van der Waals surface area (Å²) < 4.78 is 65.3. The highest BCUT2D eigenvalue weighted by Crippen LogP contribution is 2.51. The van der Waals surface area contributed by atoms with E-state index in [9.17, 15) is 67.9 Å². The molecule has 1 rings (SSSR count). The van der Waals surface area contributed by atoms with Gasteiger partial charge in [0.05, 0.1) is 6.61 Å². The number of rotatable bonds is 39. The van der Waals surface area contributed by atoms with Gasteiger partial charge in [-0.3, -0.25) is 32.5 Å². The van der Waals surface area contributed by atoms with Gasteiger partial charge in [-0.2, -0.15) is 0 Å². The number of phosphoric ester groups is 3. The molecule has 1 aliphatic rings. The predicted molar refractivity (Wildman–Crippen MR) is 238 cm³/mol. The van der Waals surface area contributed by atoms with Gasteiger partial charge in [0.2, 0.25) is 0 Å². The van der Waals surface area contributed by atoms with Gasteiger partial charge < -0.3 is 49.3 Å². The zero-order chi connectivity index (χ0) is 48.0. The van der Waals surface area contributed by atoms with Crippen molar-refractivity contribution in [1.82, 2.24) is 0 Å². The number of hydrogen-bond donors (Lipinski definition) is 8. The van der Waals surface area contributed by atoms with Crippen LogP contribution in [0.15, 0.2) is 0 Å². The molecule has 0 aliphatic heterocycles. The third kappa shape index (κ3) is 30.5. The van der Waals surface area contributed by atoms with Crippen LogP contribution in [0, 0.1) is 0 Å². The maximum absolute atomic E-state index is 13.1. The van der Waals surface area contributed by atoms with E-state index >= 15 is 0 Å². The average Bonchev–Trinajstić information content (AvgIpc) is 3.21. The first-order valence-electron chi connectivity index (χ1n) is 22.9. The smallest absolute Gasteiger partial charge is 0.462 e. The fourth-order valence-electron chi connectivity index (χ4n) is 7.01. The number of carbonyl (C=O) groups excluding carboxylic acids is 3. The molecule has 8 N–H and O–H groups in total. The van der Waals surface area contributed by atoms with Crippen LogP contribution < -0.4 is 0 Å². The first kappa shape index (κ1) is 61.2. The minimum Gasteiger partial charge on any atom is -0.462 e. The van der Waals surface area contributed by atoms with Crippen molar-refractivity contribution in [2.24, 2.45) is 0 Å². The van der Waals surface area contributed by atoms with Gasteiger partial charge in [0, 0.05) is 25.0 Å². The fourth-order valence-corrected chi connectivity index (χ4v) is 10.0. The number of carbonyl (C=O) groups is 3. The Kier molecular flexibility index (Phi) is 32.9. The lowest BCUT2D eigenvalue weighted by atomic mass is 9.85. The van der Waals surface area contributed by atoms with Crippen molar-refractivity contribution in [2.45, 2.75) is 217 Å². The van der Waals surface area contributed by atoms with E-state index in [0.29, 0.717) is 19.3 Å². The van der Waals surface area contributed by atoms with E-state index in [-0.39, 0.29) is 18.0 Å². The minimum atomic E-state index is -5.60. The van der Waals surface area contributed by atoms with Crippen LogP contribution in [-0.2, 0) is 55.6 Å². The highest BCUT2D eigenvalue weighted by molar-refractivity contribution is 8.13. The van der Waals surface area contributed by atoms with Gasteiger partial charge in [0.15, 0.2) is 11.2 Å². The van der Waals surface area contributed by atoms with Gasteiger partial charge in [-0.15, -0.1) is 0 Å². The minimum absolute atomic E-state index is 0.00968. The van der Waals surface area contributed by atoms with Gasteiger partial charge in [-0.05, 0) is 25.7 Å². The van der Waals surface area contributed by atoms with Crippen molar-refractivity contribution >= 4 is 52.3 Å². The van der Waals surface area contributed by atoms with Crippen molar-refractivity contribution in [3.8, 4) is 0 Å². The quantitative estimate of drug-likeness (QED) is 0.0174. The molecule has 0 aromatic carbocycles. The summed E-state index contributed by atoms with van der Waals surface area (Å²) in [5.41, 5.74) is 0. The summed E-state index contributed by atoms with van der Waals surface area (Å²) in [6, 6.07) is 0. The van der Waals surface area contributed by atoms with Crippen molar-refractivity contribution in [1.29, 1.82) is 0 Å². The van der Waals surface area contributed by atoms with Gasteiger partial charge in [-0.1, -0.05) is 141 Å². The first-order chi connectivity index (χ1) is 30.2. The molecule has 0 bridgehead atoms. The van der Waals surface area contributed by atoms with Crippen LogP contribution in [0.2, 0.25) is 0 Å². The number of aliphatic hydroxyl groups excluding tert-OH is 3. The normalized spacial score (nSPS) is 21.9. The largest absolute Gasteiger partial charge is 0.472 e. The van der Waals surface area contributed by atoms with Crippen LogP contribution in [0.25, 0.3) is 0 Å². The molecule has 8 atom stereocenters. The van der Waals surface area contributed by atoms with E-state index < -0.39 is 91.3 Å². The summed E-state index contributed by atoms with van der Waals surface area (Å²) in [7, 11) is -16.6. The molecule has 20 nitrogen and oxygen atoms in total. The SMILES string of the molecule is CCCCCCCCCCCCCCCC(=O)O[C@H](COC(=O)CCCCCCCCCCSC(=O)CCC)COP(=O)(O)OC1C(O)[C@@H](O)C(OP(=O)(O)O)[C@@H](OP(=O)(O)O)[C@H]1O. The van der Waals surface area contributed by atoms with Crippen LogP contribution >= 0.6 is 35.2 Å². The molecule has 0 radical (unpaired) electrons. The molecule has 1 fully saturated rings. The van der Waals surface area contributed by atoms with E-state index in [1.807, 2.05) is 6.92 Å². The maximum Gasteiger partial charge on any atom is 0.472 e. The molecule has 64 heavy (non-hydrogen) atoms. The first-order valence-corrected chi connectivity index (χ1v) is 28.4. The number of esters is 2. The standard InChI is InChI=1S/C40H77O20P3S/c1-3-5-6-7-8-9-10-11-12-13-17-20-23-27-33(42)57-31(29-55-32(41)26-22-19-16-14-15-18-21-24-28-64-34(43)25-4-2)30-56-63(53,54)60-38-35(44)36(45)39(58-61(47,48)49)40(37(38)46)59-62(50,51)52/h31,35-40,44-46H,3-30H2,1-2H3,(H,53,54)(H2,47,48,49)(H2,50,51,52)/t31-,35?,36-,37+,38?,39?,40+/m1/s1. The monoisotopic (exact) mass is 1000 g/mol. The van der Waals surface area contributed by atoms with Crippen LogP contribution in [0.3, 0.4) is 0 Å². The molecule has 4 unspecified atom stereocenters. The van der Waals surface area contributed by atoms with E-state index in [4.69, 9.17) is 18.5 Å². The Labute approximate surface area is 382 Å². The number of unbranched alkanes of at least 4 members (excludes halogenated alkanes) is 19. The third-order valence-corrected chi connectivity index (χ3v) is 13.5. The zero-order valence-corrected chi connectivity index (χ0v) is 41.1. The Morgan fingerprint density at radius 3 is 1.39 bits per heavy atom. The molecule has 0 spiro atoms. The lowest BCUT2D eigenvalue weighted by Gasteiger charge is -2.44. The number of ether oxygens (including phenoxy) is 2. The molecule has 24 heteroatoms. The summed E-state index contributed by atoms with van der Waals surface area (Å²) in [5, 5.41) is 32.1. The summed E-state index contributed by atoms with van der Waals surface area (Å²) in [5.74, 6) is -0.497. The summed E-state index contributed by atoms with van der Waals surface area (Å²) in [4.78, 5) is 84.6. The highest BCUT2D eigenvalue weighted by atomic mass is 32.2. The van der Waals surface area contributed by atoms with E-state index in [0.717, 1.165) is 89.2 Å². The molecule has 0 amide bonds. The van der Waals surface area contributed by atoms with Crippen molar-refractivity contribution in [2.75, 3.05) is 19.0 Å². The van der Waals surface area contributed by atoms with Gasteiger partial charge in [0.25, 0.3) is 0 Å². The fraction of sp³-hybridized carbons (Fsp3) is 0.925. The van der Waals surface area contributed by atoms with Gasteiger partial charge in [0.1, 0.15) is 43.2 Å². The highest BCUT2D eigenvalue weighted by Gasteiger charge is 2.56. The molecule has 1 aliphatic carbocycles. The molecular weight excluding hydrogens is 925 g/mol. The summed E-state index contributed by atoms with van der Waals surface area (Å²) in [6.45, 7) is 2.67. The Balaban J connectivity index is 2.74. The van der Waals surface area contributed by atoms with Crippen molar-refractivity contribution in [3.05, 3.63) is 0 Å². The number of aliphatic hydroxyl groups is 3. The second-order valence-electron chi connectivity index (χ2n) is 16.3. The van der Waals surface area contributed by atoms with Crippen molar-refractivity contribution in [3.63, 3.8) is 0 Å². The Morgan fingerprint density at radius 1 is 0.500 bits per heavy atom. The van der Waals surface area contributed by atoms with Crippen LogP contribution in [0.4, 0.5) is 0 Å². The number of hydrogen-bond acceptors (Lipinski definition) is 16. The molecule has 0 heterocycles. The average molecular weight is 1000 g/mol. The lowest BCUT2D eigenvalue weighted by Crippen LogP contribution is -2.65. The third-order valence-electron chi connectivity index (χ3n) is 10.4. The number of thioether (sulfide) groups is 1. The molecule has 0 aromatic rings. The molecule has 1 saturated carbocycles. The molecule has 0 saturated heterocycles. The molecule has 378 valence electrons. The van der Waals surface area contributed by atoms with Crippen LogP contribution in [0.5, 0.6) is 0 Å². The Bertz CT molecular complexity index is 1430. The number of phosphoric acid groups is 3. The van der Waals surface area contributed by atoms with E-state index in [2.05, 4.69) is 16.0 Å². The van der Waals surface area contributed by atoms with Gasteiger partial charge >= 0.3 is 35.4 Å². The topological polar surface area (TPSA) is 320 Å². The van der Waals surface area contributed by atoms with Crippen LogP contribution in [0.1, 0.15) is 174 Å². The zero-order valence-electron chi connectivity index (χ0n) is 37.6. The second-order valence-corrected chi connectivity index (χ2v) is 21.2. The van der Waals surface area contributed by atoms with E-state index in [1.165, 1.54) is 56.7 Å². The van der Waals surface area contributed by atoms with Crippen molar-refractivity contribution < 1.29 is 95.4 Å². The molecule has 0 aromatic heterocycles. The summed E-state index contributed by atoms with van der Waals surface area (Å²) in [6.07, 6.45) is 6.62. The molecular formula is C40H77O20P3S. The Hall–Kier alpha value is -0.830. The Morgan fingerprint density at radius 2 is 0.922 bits per heavy atom. The maximum atomic E-state index is 13.1. The summed E-state index contributed by atoms with van der Waals surface area (Å²) >= 11 is 1.39. The second kappa shape index (κ2) is 34.5. The predicted octanol–water partition coefficient (Wildman–Crippen LogP) is 7.05.